The fraction of sp³-hybridized carbons (Fsp3) is 0.263. The third kappa shape index (κ3) is 4.33. The molecule has 2 rings (SSSR count). The molecule has 2 aromatic rings. The van der Waals surface area contributed by atoms with E-state index in [1.807, 2.05) is 0 Å². The van der Waals surface area contributed by atoms with Gasteiger partial charge >= 0.3 is 0 Å². The third-order valence-electron chi connectivity index (χ3n) is 3.65. The van der Waals surface area contributed by atoms with Crippen LogP contribution >= 0.6 is 0 Å². The molecule has 0 spiro atoms. The summed E-state index contributed by atoms with van der Waals surface area (Å²) in [5.41, 5.74) is 5.70. The number of anilines is 2. The van der Waals surface area contributed by atoms with Gasteiger partial charge in [0, 0.05) is 18.7 Å². The maximum Gasteiger partial charge on any atom is 0.226 e. The lowest BCUT2D eigenvalue weighted by Gasteiger charge is -2.14. The molecule has 118 valence electrons. The Morgan fingerprint density at radius 3 is 2.43 bits per heavy atom. The van der Waals surface area contributed by atoms with Gasteiger partial charge in [0.25, 0.3) is 0 Å². The van der Waals surface area contributed by atoms with E-state index in [0.717, 1.165) is 5.69 Å². The quantitative estimate of drug-likeness (QED) is 0.879. The van der Waals surface area contributed by atoms with Crippen LogP contribution in [-0.2, 0) is 4.79 Å². The van der Waals surface area contributed by atoms with E-state index in [1.54, 1.807) is 24.3 Å². The number of carbonyl (C=O) groups is 1. The maximum atomic E-state index is 12.0. The Morgan fingerprint density at radius 1 is 1.13 bits per heavy atom. The summed E-state index contributed by atoms with van der Waals surface area (Å²) in [5, 5.41) is 15.1. The molecule has 0 saturated heterocycles. The first-order chi connectivity index (χ1) is 11.0. The van der Waals surface area contributed by atoms with E-state index in [2.05, 4.69) is 49.6 Å². The molecule has 1 amide bonds. The molecule has 0 unspecified atom stereocenters. The zero-order chi connectivity index (χ0) is 16.8. The molecule has 0 atom stereocenters. The van der Waals surface area contributed by atoms with Crippen molar-refractivity contribution in [3.05, 3.63) is 58.7 Å². The van der Waals surface area contributed by atoms with Gasteiger partial charge in [-0.3, -0.25) is 4.79 Å². The smallest absolute Gasteiger partial charge is 0.226 e. The van der Waals surface area contributed by atoms with Gasteiger partial charge in [-0.2, -0.15) is 5.26 Å². The van der Waals surface area contributed by atoms with Crippen LogP contribution in [0.5, 0.6) is 0 Å². The first-order valence-electron chi connectivity index (χ1n) is 7.62. The maximum absolute atomic E-state index is 12.0. The molecule has 0 saturated carbocycles. The van der Waals surface area contributed by atoms with Gasteiger partial charge in [-0.25, -0.2) is 0 Å². The second-order valence-corrected chi connectivity index (χ2v) is 5.66. The van der Waals surface area contributed by atoms with Crippen molar-refractivity contribution in [1.82, 2.24) is 0 Å². The van der Waals surface area contributed by atoms with E-state index in [-0.39, 0.29) is 5.91 Å². The molecule has 0 aromatic heterocycles. The zero-order valence-corrected chi connectivity index (χ0v) is 13.7. The summed E-state index contributed by atoms with van der Waals surface area (Å²) in [7, 11) is 0. The standard InChI is InChI=1S/C19H21N3O/c1-13-10-14(2)19(15(3)11-13)21-9-8-18(23)22-17-7-5-4-6-16(17)12-20/h4-7,10-11,21H,8-9H2,1-3H3,(H,22,23). The SMILES string of the molecule is Cc1cc(C)c(NCCC(=O)Nc2ccccc2C#N)c(C)c1. The van der Waals surface area contributed by atoms with E-state index in [0.29, 0.717) is 24.2 Å². The molecule has 0 bridgehead atoms. The summed E-state index contributed by atoms with van der Waals surface area (Å²) in [4.78, 5) is 12.0. The summed E-state index contributed by atoms with van der Waals surface area (Å²) >= 11 is 0. The van der Waals surface area contributed by atoms with Gasteiger partial charge in [-0.05, 0) is 44.0 Å². The van der Waals surface area contributed by atoms with Crippen LogP contribution in [0.3, 0.4) is 0 Å². The predicted molar refractivity (Wildman–Crippen MR) is 93.5 cm³/mol. The number of amides is 1. The van der Waals surface area contributed by atoms with Gasteiger partial charge in [-0.1, -0.05) is 29.8 Å². The van der Waals surface area contributed by atoms with E-state index >= 15 is 0 Å². The van der Waals surface area contributed by atoms with Crippen LogP contribution in [0.15, 0.2) is 36.4 Å². The van der Waals surface area contributed by atoms with Gasteiger partial charge in [0.05, 0.1) is 11.3 Å². The van der Waals surface area contributed by atoms with Crippen LogP contribution in [0.2, 0.25) is 0 Å². The molecular formula is C19H21N3O. The van der Waals surface area contributed by atoms with Crippen molar-refractivity contribution in [1.29, 1.82) is 5.26 Å². The van der Waals surface area contributed by atoms with Crippen LogP contribution in [0.4, 0.5) is 11.4 Å². The molecule has 2 N–H and O–H groups in total. The average Bonchev–Trinajstić information content (AvgIpc) is 2.50. The Kier molecular flexibility index (Phi) is 5.37. The minimum atomic E-state index is -0.109. The van der Waals surface area contributed by atoms with Crippen molar-refractivity contribution in [2.24, 2.45) is 0 Å². The summed E-state index contributed by atoms with van der Waals surface area (Å²) in [6.45, 7) is 6.74. The Hall–Kier alpha value is -2.80. The number of nitriles is 1. The summed E-state index contributed by atoms with van der Waals surface area (Å²) < 4.78 is 0. The number of nitrogens with zero attached hydrogens (tertiary/aromatic N) is 1. The molecule has 4 heteroatoms. The van der Waals surface area contributed by atoms with Crippen LogP contribution in [-0.4, -0.2) is 12.5 Å². The van der Waals surface area contributed by atoms with Crippen molar-refractivity contribution in [3.8, 4) is 6.07 Å². The van der Waals surface area contributed by atoms with Crippen molar-refractivity contribution in [3.63, 3.8) is 0 Å². The van der Waals surface area contributed by atoms with Gasteiger partial charge in [-0.15, -0.1) is 0 Å². The number of aryl methyl sites for hydroxylation is 3. The zero-order valence-electron chi connectivity index (χ0n) is 13.7. The van der Waals surface area contributed by atoms with E-state index in [9.17, 15) is 4.79 Å². The minimum absolute atomic E-state index is 0.109. The molecular weight excluding hydrogens is 286 g/mol. The normalized spacial score (nSPS) is 10.0. The van der Waals surface area contributed by atoms with Gasteiger partial charge in [0.2, 0.25) is 5.91 Å². The summed E-state index contributed by atoms with van der Waals surface area (Å²) in [6.07, 6.45) is 0.340. The predicted octanol–water partition coefficient (Wildman–Crippen LogP) is 3.92. The molecule has 0 aliphatic rings. The first-order valence-corrected chi connectivity index (χ1v) is 7.62. The molecule has 2 aromatic carbocycles. The number of nitrogens with one attached hydrogen (secondary N) is 2. The monoisotopic (exact) mass is 307 g/mol. The number of para-hydroxylation sites is 1. The lowest BCUT2D eigenvalue weighted by Crippen LogP contribution is -2.17. The molecule has 23 heavy (non-hydrogen) atoms. The fourth-order valence-electron chi connectivity index (χ4n) is 2.66. The lowest BCUT2D eigenvalue weighted by atomic mass is 10.1. The number of hydrogen-bond donors (Lipinski definition) is 2. The number of hydrogen-bond acceptors (Lipinski definition) is 3. The Morgan fingerprint density at radius 2 is 1.78 bits per heavy atom. The second kappa shape index (κ2) is 7.46. The fourth-order valence-corrected chi connectivity index (χ4v) is 2.66. The highest BCUT2D eigenvalue weighted by atomic mass is 16.1. The van der Waals surface area contributed by atoms with Crippen LogP contribution < -0.4 is 10.6 Å². The molecule has 0 heterocycles. The number of rotatable bonds is 5. The Balaban J connectivity index is 1.92. The van der Waals surface area contributed by atoms with Crippen molar-refractivity contribution in [2.45, 2.75) is 27.2 Å². The topological polar surface area (TPSA) is 64.9 Å². The number of benzene rings is 2. The van der Waals surface area contributed by atoms with Gasteiger partial charge in [0.15, 0.2) is 0 Å². The van der Waals surface area contributed by atoms with Crippen LogP contribution in [0, 0.1) is 32.1 Å². The van der Waals surface area contributed by atoms with E-state index in [1.165, 1.54) is 16.7 Å². The molecule has 0 aliphatic heterocycles. The van der Waals surface area contributed by atoms with Gasteiger partial charge < -0.3 is 10.6 Å². The van der Waals surface area contributed by atoms with Gasteiger partial charge in [0.1, 0.15) is 6.07 Å². The van der Waals surface area contributed by atoms with E-state index in [4.69, 9.17) is 5.26 Å². The second-order valence-electron chi connectivity index (χ2n) is 5.66. The highest BCUT2D eigenvalue weighted by Crippen LogP contribution is 2.21. The number of carbonyl (C=O) groups excluding carboxylic acids is 1. The summed E-state index contributed by atoms with van der Waals surface area (Å²) in [6, 6.07) is 13.3. The van der Waals surface area contributed by atoms with Crippen molar-refractivity contribution < 1.29 is 4.79 Å². The molecule has 4 nitrogen and oxygen atoms in total. The van der Waals surface area contributed by atoms with Crippen LogP contribution in [0.1, 0.15) is 28.7 Å². The largest absolute Gasteiger partial charge is 0.384 e. The van der Waals surface area contributed by atoms with Crippen molar-refractivity contribution >= 4 is 17.3 Å². The lowest BCUT2D eigenvalue weighted by molar-refractivity contribution is -0.115. The molecule has 0 radical (unpaired) electrons. The Bertz CT molecular complexity index is 736. The van der Waals surface area contributed by atoms with Crippen molar-refractivity contribution in [2.75, 3.05) is 17.2 Å². The van der Waals surface area contributed by atoms with Crippen LogP contribution in [0.25, 0.3) is 0 Å². The van der Waals surface area contributed by atoms with E-state index < -0.39 is 0 Å². The summed E-state index contributed by atoms with van der Waals surface area (Å²) in [5.74, 6) is -0.109. The highest BCUT2D eigenvalue weighted by Gasteiger charge is 2.07. The molecule has 0 fully saturated rings. The highest BCUT2D eigenvalue weighted by molar-refractivity contribution is 5.92. The minimum Gasteiger partial charge on any atom is -0.384 e. The third-order valence-corrected chi connectivity index (χ3v) is 3.65. The first kappa shape index (κ1) is 16.6. The molecule has 0 aliphatic carbocycles. The Labute approximate surface area is 137 Å². The average molecular weight is 307 g/mol.